The number of alkyl halides is 3. The van der Waals surface area contributed by atoms with E-state index in [1.165, 1.54) is 12.1 Å². The highest BCUT2D eigenvalue weighted by Gasteiger charge is 2.56. The van der Waals surface area contributed by atoms with Gasteiger partial charge in [-0.25, -0.2) is 0 Å². The molecule has 2 N–H and O–H groups in total. The summed E-state index contributed by atoms with van der Waals surface area (Å²) in [6, 6.07) is 3.77. The molecule has 0 bridgehead atoms. The van der Waals surface area contributed by atoms with Crippen molar-refractivity contribution in [3.8, 4) is 5.75 Å². The van der Waals surface area contributed by atoms with Gasteiger partial charge >= 0.3 is 6.18 Å². The monoisotopic (exact) mass is 232 g/mol. The van der Waals surface area contributed by atoms with Gasteiger partial charge in [0.05, 0.1) is 0 Å². The summed E-state index contributed by atoms with van der Waals surface area (Å²) in [5.41, 5.74) is -2.59. The predicted molar refractivity (Wildman–Crippen MR) is 51.0 cm³/mol. The van der Waals surface area contributed by atoms with Crippen LogP contribution in [-0.2, 0) is 12.0 Å². The SMILES string of the molecule is Oc1ccc2c(c1)C(O)(C(F)(F)F)CCC2. The van der Waals surface area contributed by atoms with Crippen LogP contribution in [0.2, 0.25) is 0 Å². The van der Waals surface area contributed by atoms with Crippen molar-refractivity contribution in [2.24, 2.45) is 0 Å². The molecule has 5 heteroatoms. The second kappa shape index (κ2) is 3.38. The summed E-state index contributed by atoms with van der Waals surface area (Å²) in [6.07, 6.45) is -4.29. The average Bonchev–Trinajstić information content (AvgIpc) is 2.18. The number of phenolic OH excluding ortho intramolecular Hbond substituents is 1. The van der Waals surface area contributed by atoms with Crippen LogP contribution in [0.1, 0.15) is 24.0 Å². The molecule has 2 nitrogen and oxygen atoms in total. The molecule has 0 aromatic heterocycles. The fourth-order valence-electron chi connectivity index (χ4n) is 2.13. The number of aryl methyl sites for hydroxylation is 1. The Hall–Kier alpha value is -1.23. The Morgan fingerprint density at radius 2 is 1.94 bits per heavy atom. The third kappa shape index (κ3) is 1.55. The summed E-state index contributed by atoms with van der Waals surface area (Å²) in [5.74, 6) is -0.261. The summed E-state index contributed by atoms with van der Waals surface area (Å²) >= 11 is 0. The molecule has 0 amide bonds. The van der Waals surface area contributed by atoms with Gasteiger partial charge in [0.1, 0.15) is 5.75 Å². The molecular formula is C11H11F3O2. The Morgan fingerprint density at radius 1 is 1.25 bits per heavy atom. The molecule has 1 unspecified atom stereocenters. The number of hydrogen-bond donors (Lipinski definition) is 2. The number of hydrogen-bond acceptors (Lipinski definition) is 2. The molecule has 0 aliphatic heterocycles. The minimum atomic E-state index is -4.71. The number of rotatable bonds is 0. The maximum absolute atomic E-state index is 12.8. The molecule has 0 heterocycles. The van der Waals surface area contributed by atoms with Crippen molar-refractivity contribution in [3.63, 3.8) is 0 Å². The molecule has 1 aromatic rings. The van der Waals surface area contributed by atoms with E-state index < -0.39 is 11.8 Å². The average molecular weight is 232 g/mol. The zero-order valence-electron chi connectivity index (χ0n) is 8.38. The largest absolute Gasteiger partial charge is 0.508 e. The van der Waals surface area contributed by atoms with Crippen LogP contribution in [0.4, 0.5) is 13.2 Å². The topological polar surface area (TPSA) is 40.5 Å². The molecule has 0 fully saturated rings. The van der Waals surface area contributed by atoms with Crippen LogP contribution < -0.4 is 0 Å². The van der Waals surface area contributed by atoms with E-state index in [1.54, 1.807) is 0 Å². The van der Waals surface area contributed by atoms with E-state index >= 15 is 0 Å². The molecular weight excluding hydrogens is 221 g/mol. The number of fused-ring (bicyclic) bond motifs is 1. The van der Waals surface area contributed by atoms with Crippen molar-refractivity contribution < 1.29 is 23.4 Å². The highest BCUT2D eigenvalue weighted by Crippen LogP contribution is 2.47. The van der Waals surface area contributed by atoms with Gasteiger partial charge in [-0.3, -0.25) is 0 Å². The highest BCUT2D eigenvalue weighted by atomic mass is 19.4. The normalized spacial score (nSPS) is 25.2. The lowest BCUT2D eigenvalue weighted by Gasteiger charge is -2.36. The zero-order valence-corrected chi connectivity index (χ0v) is 8.38. The van der Waals surface area contributed by atoms with Gasteiger partial charge in [0.2, 0.25) is 0 Å². The van der Waals surface area contributed by atoms with Gasteiger partial charge in [0, 0.05) is 0 Å². The van der Waals surface area contributed by atoms with E-state index in [0.717, 1.165) is 6.07 Å². The Labute approximate surface area is 90.3 Å². The van der Waals surface area contributed by atoms with Crippen LogP contribution in [0.25, 0.3) is 0 Å². The van der Waals surface area contributed by atoms with Gasteiger partial charge in [-0.1, -0.05) is 6.07 Å². The van der Waals surface area contributed by atoms with Crippen molar-refractivity contribution in [2.45, 2.75) is 31.0 Å². The molecule has 1 atom stereocenters. The molecule has 1 aliphatic carbocycles. The lowest BCUT2D eigenvalue weighted by Crippen LogP contribution is -2.44. The van der Waals surface area contributed by atoms with Crippen molar-refractivity contribution in [2.75, 3.05) is 0 Å². The van der Waals surface area contributed by atoms with Crippen LogP contribution in [0.3, 0.4) is 0 Å². The Balaban J connectivity index is 2.59. The van der Waals surface area contributed by atoms with Crippen molar-refractivity contribution >= 4 is 0 Å². The van der Waals surface area contributed by atoms with Gasteiger partial charge in [-0.05, 0) is 42.5 Å². The van der Waals surface area contributed by atoms with Crippen molar-refractivity contribution in [1.29, 1.82) is 0 Å². The van der Waals surface area contributed by atoms with E-state index in [-0.39, 0.29) is 24.2 Å². The molecule has 88 valence electrons. The van der Waals surface area contributed by atoms with Crippen LogP contribution in [0, 0.1) is 0 Å². The quantitative estimate of drug-likeness (QED) is 0.721. The van der Waals surface area contributed by atoms with Gasteiger partial charge in [0.25, 0.3) is 0 Å². The molecule has 16 heavy (non-hydrogen) atoms. The fraction of sp³-hybridized carbons (Fsp3) is 0.455. The van der Waals surface area contributed by atoms with Gasteiger partial charge in [-0.15, -0.1) is 0 Å². The minimum Gasteiger partial charge on any atom is -0.508 e. The first-order valence-electron chi connectivity index (χ1n) is 4.96. The molecule has 1 aliphatic rings. The minimum absolute atomic E-state index is 0.216. The maximum Gasteiger partial charge on any atom is 0.421 e. The number of aromatic hydroxyl groups is 1. The second-order valence-corrected chi connectivity index (χ2v) is 4.05. The molecule has 1 aromatic carbocycles. The van der Waals surface area contributed by atoms with Crippen LogP contribution >= 0.6 is 0 Å². The van der Waals surface area contributed by atoms with Crippen molar-refractivity contribution in [3.05, 3.63) is 29.3 Å². The Kier molecular flexibility index (Phi) is 2.38. The third-order valence-electron chi connectivity index (χ3n) is 2.99. The van der Waals surface area contributed by atoms with E-state index in [0.29, 0.717) is 12.0 Å². The van der Waals surface area contributed by atoms with Gasteiger partial charge < -0.3 is 10.2 Å². The first-order valence-corrected chi connectivity index (χ1v) is 4.96. The lowest BCUT2D eigenvalue weighted by atomic mass is 9.78. The summed E-state index contributed by atoms with van der Waals surface area (Å²) in [5, 5.41) is 19.0. The molecule has 0 saturated heterocycles. The van der Waals surface area contributed by atoms with Gasteiger partial charge in [0.15, 0.2) is 5.60 Å². The first-order chi connectivity index (χ1) is 7.34. The Bertz CT molecular complexity index is 414. The zero-order chi connectivity index (χ0) is 12.0. The van der Waals surface area contributed by atoms with Crippen LogP contribution in [0.5, 0.6) is 5.75 Å². The number of aliphatic hydroxyl groups is 1. The standard InChI is InChI=1S/C11H11F3O2/c12-11(13,14)10(16)5-1-2-7-3-4-8(15)6-9(7)10/h3-4,6,15-16H,1-2,5H2. The van der Waals surface area contributed by atoms with E-state index in [9.17, 15) is 23.4 Å². The smallest absolute Gasteiger partial charge is 0.421 e. The Morgan fingerprint density at radius 3 is 2.56 bits per heavy atom. The van der Waals surface area contributed by atoms with Gasteiger partial charge in [-0.2, -0.15) is 13.2 Å². The number of benzene rings is 1. The predicted octanol–water partition coefficient (Wildman–Crippen LogP) is 2.48. The molecule has 2 rings (SSSR count). The molecule has 0 spiro atoms. The number of phenols is 1. The van der Waals surface area contributed by atoms with E-state index in [1.807, 2.05) is 0 Å². The van der Waals surface area contributed by atoms with E-state index in [4.69, 9.17) is 0 Å². The van der Waals surface area contributed by atoms with Crippen LogP contribution in [-0.4, -0.2) is 16.4 Å². The summed E-state index contributed by atoms with van der Waals surface area (Å²) in [4.78, 5) is 0. The first kappa shape index (κ1) is 11.3. The summed E-state index contributed by atoms with van der Waals surface area (Å²) in [7, 11) is 0. The van der Waals surface area contributed by atoms with Crippen LogP contribution in [0.15, 0.2) is 18.2 Å². The highest BCUT2D eigenvalue weighted by molar-refractivity contribution is 5.41. The van der Waals surface area contributed by atoms with Crippen molar-refractivity contribution in [1.82, 2.24) is 0 Å². The third-order valence-corrected chi connectivity index (χ3v) is 2.99. The second-order valence-electron chi connectivity index (χ2n) is 4.05. The summed E-state index contributed by atoms with van der Waals surface area (Å²) in [6.45, 7) is 0. The van der Waals surface area contributed by atoms with E-state index in [2.05, 4.69) is 0 Å². The molecule has 0 radical (unpaired) electrons. The lowest BCUT2D eigenvalue weighted by molar-refractivity contribution is -0.271. The maximum atomic E-state index is 12.8. The number of halogens is 3. The summed E-state index contributed by atoms with van der Waals surface area (Å²) < 4.78 is 38.4. The fourth-order valence-corrected chi connectivity index (χ4v) is 2.13. The molecule has 0 saturated carbocycles.